The van der Waals surface area contributed by atoms with Crippen molar-refractivity contribution in [1.29, 1.82) is 0 Å². The largest absolute Gasteiger partial charge is 0.426 e. The second kappa shape index (κ2) is 3.04. The van der Waals surface area contributed by atoms with Gasteiger partial charge in [0.05, 0.1) is 12.0 Å². The third kappa shape index (κ3) is 1.14. The minimum Gasteiger partial charge on any atom is -0.426 e. The van der Waals surface area contributed by atoms with Gasteiger partial charge >= 0.3 is 5.63 Å². The summed E-state index contributed by atoms with van der Waals surface area (Å²) in [6.07, 6.45) is 2.21. The maximum absolute atomic E-state index is 11.7. The summed E-state index contributed by atoms with van der Waals surface area (Å²) in [6.45, 7) is 0. The fourth-order valence-electron chi connectivity index (χ4n) is 2.40. The topological polar surface area (TPSA) is 76.4 Å². The molecule has 2 amide bonds. The van der Waals surface area contributed by atoms with Crippen molar-refractivity contribution in [1.82, 2.24) is 5.32 Å². The van der Waals surface area contributed by atoms with Crippen molar-refractivity contribution >= 4 is 11.8 Å². The van der Waals surface area contributed by atoms with E-state index in [0.717, 1.165) is 12.0 Å². The number of hydrogen-bond donors (Lipinski definition) is 1. The van der Waals surface area contributed by atoms with Gasteiger partial charge in [-0.2, -0.15) is 0 Å². The molecule has 0 spiro atoms. The molecule has 0 aromatic carbocycles. The molecule has 82 valence electrons. The monoisotopic (exact) mass is 219 g/mol. The lowest BCUT2D eigenvalue weighted by Crippen LogP contribution is -2.39. The molecule has 0 bridgehead atoms. The highest BCUT2D eigenvalue weighted by Crippen LogP contribution is 2.26. The number of fused-ring (bicyclic) bond motifs is 3. The predicted octanol–water partition coefficient (Wildman–Crippen LogP) is -0.0590. The van der Waals surface area contributed by atoms with Crippen molar-refractivity contribution in [3.8, 4) is 0 Å². The Labute approximate surface area is 90.4 Å². The van der Waals surface area contributed by atoms with E-state index in [1.807, 2.05) is 0 Å². The summed E-state index contributed by atoms with van der Waals surface area (Å²) >= 11 is 0. The maximum Gasteiger partial charge on any atom is 0.339 e. The zero-order chi connectivity index (χ0) is 11.3. The van der Waals surface area contributed by atoms with Crippen molar-refractivity contribution in [2.45, 2.75) is 25.7 Å². The van der Waals surface area contributed by atoms with Crippen LogP contribution in [0, 0.1) is 0 Å². The van der Waals surface area contributed by atoms with Gasteiger partial charge in [0.2, 0.25) is 5.91 Å². The van der Waals surface area contributed by atoms with E-state index in [9.17, 15) is 14.4 Å². The van der Waals surface area contributed by atoms with Crippen LogP contribution < -0.4 is 10.9 Å². The number of imide groups is 1. The Hall–Kier alpha value is -1.91. The smallest absolute Gasteiger partial charge is 0.339 e. The van der Waals surface area contributed by atoms with Crippen LogP contribution >= 0.6 is 0 Å². The van der Waals surface area contributed by atoms with Crippen LogP contribution in [0.5, 0.6) is 0 Å². The summed E-state index contributed by atoms with van der Waals surface area (Å²) in [5, 5.41) is 2.24. The van der Waals surface area contributed by atoms with E-state index in [0.29, 0.717) is 24.0 Å². The molecule has 1 aliphatic carbocycles. The highest BCUT2D eigenvalue weighted by atomic mass is 16.4. The van der Waals surface area contributed by atoms with Crippen LogP contribution in [0.3, 0.4) is 0 Å². The quantitative estimate of drug-likeness (QED) is 0.620. The van der Waals surface area contributed by atoms with Crippen LogP contribution in [0.15, 0.2) is 9.21 Å². The Morgan fingerprint density at radius 1 is 1.06 bits per heavy atom. The van der Waals surface area contributed by atoms with Crippen LogP contribution in [0.4, 0.5) is 0 Å². The zero-order valence-corrected chi connectivity index (χ0v) is 8.46. The Morgan fingerprint density at radius 2 is 1.81 bits per heavy atom. The van der Waals surface area contributed by atoms with Crippen molar-refractivity contribution < 1.29 is 14.0 Å². The maximum atomic E-state index is 11.7. The van der Waals surface area contributed by atoms with Gasteiger partial charge in [-0.15, -0.1) is 0 Å². The first-order chi connectivity index (χ1) is 7.66. The first kappa shape index (κ1) is 9.33. The summed E-state index contributed by atoms with van der Waals surface area (Å²) in [5.74, 6) is -0.633. The van der Waals surface area contributed by atoms with Gasteiger partial charge in [0.15, 0.2) is 0 Å². The Morgan fingerprint density at radius 3 is 2.62 bits per heavy atom. The van der Waals surface area contributed by atoms with Crippen LogP contribution in [-0.4, -0.2) is 11.8 Å². The highest BCUT2D eigenvalue weighted by Gasteiger charge is 2.32. The molecule has 1 N–H and O–H groups in total. The molecule has 3 rings (SSSR count). The average molecular weight is 219 g/mol. The Bertz CT molecular complexity index is 570. The third-order valence-electron chi connectivity index (χ3n) is 3.06. The Balaban J connectivity index is 2.32. The van der Waals surface area contributed by atoms with Gasteiger partial charge in [-0.1, -0.05) is 0 Å². The molecule has 5 heteroatoms. The van der Waals surface area contributed by atoms with Gasteiger partial charge in [0.1, 0.15) is 5.76 Å². The number of hydrogen-bond acceptors (Lipinski definition) is 4. The predicted molar refractivity (Wildman–Crippen MR) is 53.2 cm³/mol. The second-order valence-electron chi connectivity index (χ2n) is 4.05. The summed E-state index contributed by atoms with van der Waals surface area (Å²) in [4.78, 5) is 34.4. The summed E-state index contributed by atoms with van der Waals surface area (Å²) in [7, 11) is 0. The van der Waals surface area contributed by atoms with E-state index in [2.05, 4.69) is 5.32 Å². The number of nitrogens with one attached hydrogen (secondary N) is 1. The summed E-state index contributed by atoms with van der Waals surface area (Å²) in [6, 6.07) is 0. The van der Waals surface area contributed by atoms with E-state index in [1.165, 1.54) is 0 Å². The standard InChI is InChI=1S/C11H9NO4/c13-8-4-7-9(10(14)12-8)5-2-1-3-6(5)11(15)16-7/h1-4H2,(H,12,13,14). The molecule has 2 heterocycles. The SMILES string of the molecule is O=C1Cc2oc(=O)c3c(c2C(=O)N1)CCC3. The summed E-state index contributed by atoms with van der Waals surface area (Å²) < 4.78 is 5.05. The summed E-state index contributed by atoms with van der Waals surface area (Å²) in [5.41, 5.74) is 1.39. The molecule has 0 unspecified atom stereocenters. The molecular weight excluding hydrogens is 210 g/mol. The van der Waals surface area contributed by atoms with Crippen LogP contribution in [0.25, 0.3) is 0 Å². The molecule has 0 saturated carbocycles. The van der Waals surface area contributed by atoms with Crippen molar-refractivity contribution in [2.24, 2.45) is 0 Å². The first-order valence-electron chi connectivity index (χ1n) is 5.18. The molecule has 1 aliphatic heterocycles. The van der Waals surface area contributed by atoms with Gasteiger partial charge in [-0.25, -0.2) is 4.79 Å². The molecule has 0 fully saturated rings. The second-order valence-corrected chi connectivity index (χ2v) is 4.05. The molecule has 0 saturated heterocycles. The van der Waals surface area contributed by atoms with Gasteiger partial charge < -0.3 is 4.42 Å². The van der Waals surface area contributed by atoms with Gasteiger partial charge in [-0.05, 0) is 24.8 Å². The van der Waals surface area contributed by atoms with Crippen molar-refractivity contribution in [3.63, 3.8) is 0 Å². The van der Waals surface area contributed by atoms with Gasteiger partial charge in [0.25, 0.3) is 5.91 Å². The molecule has 0 radical (unpaired) electrons. The normalized spacial score (nSPS) is 18.0. The van der Waals surface area contributed by atoms with E-state index >= 15 is 0 Å². The molecule has 0 atom stereocenters. The minimum atomic E-state index is -0.437. The Kier molecular flexibility index (Phi) is 1.77. The average Bonchev–Trinajstić information content (AvgIpc) is 2.65. The molecule has 1 aromatic heterocycles. The first-order valence-corrected chi connectivity index (χ1v) is 5.18. The lowest BCUT2D eigenvalue weighted by molar-refractivity contribution is -0.120. The zero-order valence-electron chi connectivity index (χ0n) is 8.46. The fourth-order valence-corrected chi connectivity index (χ4v) is 2.40. The minimum absolute atomic E-state index is 0.0242. The number of carbonyl (C=O) groups excluding carboxylic acids is 2. The lowest BCUT2D eigenvalue weighted by Gasteiger charge is -2.16. The van der Waals surface area contributed by atoms with Crippen LogP contribution in [0.1, 0.15) is 33.7 Å². The van der Waals surface area contributed by atoms with E-state index in [1.54, 1.807) is 0 Å². The van der Waals surface area contributed by atoms with E-state index < -0.39 is 17.4 Å². The number of rotatable bonds is 0. The molecule has 2 aliphatic rings. The highest BCUT2D eigenvalue weighted by molar-refractivity contribution is 6.10. The van der Waals surface area contributed by atoms with Gasteiger partial charge in [0, 0.05) is 5.56 Å². The fraction of sp³-hybridized carbons (Fsp3) is 0.364. The number of amides is 2. The van der Waals surface area contributed by atoms with Crippen LogP contribution in [0.2, 0.25) is 0 Å². The van der Waals surface area contributed by atoms with Crippen molar-refractivity contribution in [2.75, 3.05) is 0 Å². The van der Waals surface area contributed by atoms with Crippen LogP contribution in [-0.2, 0) is 24.1 Å². The van der Waals surface area contributed by atoms with E-state index in [-0.39, 0.29) is 12.2 Å². The molecular formula is C11H9NO4. The molecule has 5 nitrogen and oxygen atoms in total. The molecule has 16 heavy (non-hydrogen) atoms. The lowest BCUT2D eigenvalue weighted by atomic mass is 9.99. The third-order valence-corrected chi connectivity index (χ3v) is 3.06. The van der Waals surface area contributed by atoms with E-state index in [4.69, 9.17) is 4.42 Å². The number of carbonyl (C=O) groups is 2. The van der Waals surface area contributed by atoms with Crippen molar-refractivity contribution in [3.05, 3.63) is 32.9 Å². The molecule has 1 aromatic rings. The van der Waals surface area contributed by atoms with Gasteiger partial charge in [-0.3, -0.25) is 14.9 Å².